The molecule has 1 aromatic carbocycles. The molecule has 0 bridgehead atoms. The van der Waals surface area contributed by atoms with Crippen LogP contribution in [0.15, 0.2) is 46.9 Å². The molecule has 0 aliphatic heterocycles. The molecule has 1 aliphatic rings. The lowest BCUT2D eigenvalue weighted by atomic mass is 9.91. The van der Waals surface area contributed by atoms with Gasteiger partial charge in [-0.25, -0.2) is 0 Å². The first-order chi connectivity index (χ1) is 13.8. The zero-order valence-corrected chi connectivity index (χ0v) is 18.0. The van der Waals surface area contributed by atoms with Crippen LogP contribution in [0.4, 0.5) is 0 Å². The highest BCUT2D eigenvalue weighted by Crippen LogP contribution is 2.37. The number of carboxylic acid groups (broad SMARTS) is 1. The van der Waals surface area contributed by atoms with E-state index in [1.165, 1.54) is 0 Å². The average molecular weight is 423 g/mol. The van der Waals surface area contributed by atoms with Crippen LogP contribution in [0.5, 0.6) is 0 Å². The fourth-order valence-electron chi connectivity index (χ4n) is 3.79. The number of aliphatic carboxylic acids is 1. The number of carboxylic acids is 1. The summed E-state index contributed by atoms with van der Waals surface area (Å²) in [5.41, 5.74) is -0.0599. The van der Waals surface area contributed by atoms with Gasteiger partial charge in [-0.1, -0.05) is 43.5 Å². The van der Waals surface area contributed by atoms with E-state index in [1.54, 1.807) is 18.7 Å². The van der Waals surface area contributed by atoms with Gasteiger partial charge in [0.1, 0.15) is 0 Å². The van der Waals surface area contributed by atoms with E-state index < -0.39 is 23.8 Å². The van der Waals surface area contributed by atoms with E-state index in [2.05, 4.69) is 0 Å². The molecule has 6 heteroatoms. The van der Waals surface area contributed by atoms with Crippen molar-refractivity contribution in [2.75, 3.05) is 5.75 Å². The normalized spacial score (nSPS) is 25.2. The Labute approximate surface area is 177 Å². The third-order valence-electron chi connectivity index (χ3n) is 5.47. The minimum atomic E-state index is -0.901. The van der Waals surface area contributed by atoms with Crippen LogP contribution in [-0.4, -0.2) is 50.0 Å². The SMILES string of the molecule is CC(O)(C/C=C1/[C@H](O)C[C@H](O)[C@@H]1CCCCCCC(=O)O)CSc1ccccc1. The average Bonchev–Trinajstić information content (AvgIpc) is 2.94. The summed E-state index contributed by atoms with van der Waals surface area (Å²) < 4.78 is 0. The number of hydrogen-bond donors (Lipinski definition) is 4. The van der Waals surface area contributed by atoms with Crippen molar-refractivity contribution >= 4 is 17.7 Å². The standard InChI is InChI=1S/C23H34O5S/c1-23(28,16-29-17-9-5-4-6-10-17)14-13-19-18(20(24)15-21(19)25)11-7-2-3-8-12-22(26)27/h4-6,9-10,13,18,20-21,24-25,28H,2-3,7-8,11-12,14-16H2,1H3,(H,26,27)/b19-13+/t18-,20+,21-,23?/m1/s1. The summed E-state index contributed by atoms with van der Waals surface area (Å²) in [6.45, 7) is 1.80. The van der Waals surface area contributed by atoms with Crippen LogP contribution in [-0.2, 0) is 4.79 Å². The lowest BCUT2D eigenvalue weighted by molar-refractivity contribution is -0.137. The molecule has 2 rings (SSSR count). The Morgan fingerprint density at radius 1 is 1.17 bits per heavy atom. The number of unbranched alkanes of at least 4 members (excludes halogenated alkanes) is 3. The molecule has 1 unspecified atom stereocenters. The van der Waals surface area contributed by atoms with Crippen molar-refractivity contribution in [3.8, 4) is 0 Å². The molecule has 0 amide bonds. The maximum atomic E-state index is 10.7. The van der Waals surface area contributed by atoms with Gasteiger partial charge in [0.05, 0.1) is 17.8 Å². The van der Waals surface area contributed by atoms with E-state index >= 15 is 0 Å². The number of aliphatic hydroxyl groups is 3. The predicted molar refractivity (Wildman–Crippen MR) is 116 cm³/mol. The van der Waals surface area contributed by atoms with Crippen LogP contribution in [0.3, 0.4) is 0 Å². The van der Waals surface area contributed by atoms with Crippen molar-refractivity contribution in [1.29, 1.82) is 0 Å². The summed E-state index contributed by atoms with van der Waals surface area (Å²) in [7, 11) is 0. The molecule has 0 aromatic heterocycles. The maximum absolute atomic E-state index is 10.7. The number of aliphatic hydroxyl groups excluding tert-OH is 2. The summed E-state index contributed by atoms with van der Waals surface area (Å²) in [5.74, 6) is -0.294. The van der Waals surface area contributed by atoms with Gasteiger partial charge in [-0.05, 0) is 43.9 Å². The second-order valence-corrected chi connectivity index (χ2v) is 9.33. The summed E-state index contributed by atoms with van der Waals surface area (Å²) >= 11 is 1.60. The van der Waals surface area contributed by atoms with Gasteiger partial charge >= 0.3 is 5.97 Å². The second-order valence-electron chi connectivity index (χ2n) is 8.28. The summed E-state index contributed by atoms with van der Waals surface area (Å²) in [6, 6.07) is 9.94. The van der Waals surface area contributed by atoms with Crippen molar-refractivity contribution in [3.05, 3.63) is 42.0 Å². The molecule has 1 aliphatic carbocycles. The number of rotatable bonds is 12. The second kappa shape index (κ2) is 11.7. The smallest absolute Gasteiger partial charge is 0.303 e. The minimum absolute atomic E-state index is 0.0814. The van der Waals surface area contributed by atoms with Gasteiger partial charge in [0, 0.05) is 29.4 Å². The van der Waals surface area contributed by atoms with E-state index in [1.807, 2.05) is 36.4 Å². The first-order valence-corrected chi connectivity index (χ1v) is 11.4. The molecule has 0 spiro atoms. The van der Waals surface area contributed by atoms with Gasteiger partial charge in [-0.15, -0.1) is 11.8 Å². The van der Waals surface area contributed by atoms with Crippen molar-refractivity contribution in [3.63, 3.8) is 0 Å². The molecule has 4 N–H and O–H groups in total. The molecule has 1 aromatic rings. The first kappa shape index (κ1) is 23.9. The molecule has 162 valence electrons. The molecule has 1 saturated carbocycles. The fraction of sp³-hybridized carbons (Fsp3) is 0.609. The first-order valence-electron chi connectivity index (χ1n) is 10.5. The van der Waals surface area contributed by atoms with Crippen LogP contribution in [0.1, 0.15) is 58.3 Å². The quantitative estimate of drug-likeness (QED) is 0.231. The molecule has 4 atom stereocenters. The minimum Gasteiger partial charge on any atom is -0.481 e. The highest BCUT2D eigenvalue weighted by molar-refractivity contribution is 7.99. The molecule has 0 saturated heterocycles. The Kier molecular flexibility index (Phi) is 9.69. The Bertz CT molecular complexity index is 658. The fourth-order valence-corrected chi connectivity index (χ4v) is 4.74. The monoisotopic (exact) mass is 422 g/mol. The topological polar surface area (TPSA) is 98.0 Å². The van der Waals surface area contributed by atoms with Crippen molar-refractivity contribution < 1.29 is 25.2 Å². The summed E-state index contributed by atoms with van der Waals surface area (Å²) in [5, 5.41) is 40.1. The van der Waals surface area contributed by atoms with Gasteiger partial charge in [0.15, 0.2) is 0 Å². The lowest BCUT2D eigenvalue weighted by Gasteiger charge is -2.23. The van der Waals surface area contributed by atoms with E-state index in [4.69, 9.17) is 5.11 Å². The highest BCUT2D eigenvalue weighted by atomic mass is 32.2. The van der Waals surface area contributed by atoms with E-state index in [9.17, 15) is 20.1 Å². The predicted octanol–water partition coefficient (Wildman–Crippen LogP) is 4.01. The zero-order valence-electron chi connectivity index (χ0n) is 17.2. The number of carbonyl (C=O) groups is 1. The molecular formula is C23H34O5S. The van der Waals surface area contributed by atoms with Crippen LogP contribution in [0.2, 0.25) is 0 Å². The van der Waals surface area contributed by atoms with Crippen LogP contribution < -0.4 is 0 Å². The van der Waals surface area contributed by atoms with Crippen molar-refractivity contribution in [1.82, 2.24) is 0 Å². The Morgan fingerprint density at radius 2 is 1.86 bits per heavy atom. The lowest BCUT2D eigenvalue weighted by Crippen LogP contribution is -2.27. The zero-order chi connectivity index (χ0) is 21.3. The Balaban J connectivity index is 1.84. The van der Waals surface area contributed by atoms with Crippen molar-refractivity contribution in [2.45, 2.75) is 81.0 Å². The van der Waals surface area contributed by atoms with Crippen LogP contribution in [0.25, 0.3) is 0 Å². The van der Waals surface area contributed by atoms with Crippen molar-refractivity contribution in [2.24, 2.45) is 5.92 Å². The van der Waals surface area contributed by atoms with Gasteiger partial charge in [0.2, 0.25) is 0 Å². The van der Waals surface area contributed by atoms with Gasteiger partial charge in [0.25, 0.3) is 0 Å². The van der Waals surface area contributed by atoms with E-state index in [0.29, 0.717) is 25.0 Å². The van der Waals surface area contributed by atoms with Crippen LogP contribution >= 0.6 is 11.8 Å². The third-order valence-corrected chi connectivity index (χ3v) is 6.84. The molecular weight excluding hydrogens is 388 g/mol. The van der Waals surface area contributed by atoms with Gasteiger partial charge in [-0.3, -0.25) is 4.79 Å². The van der Waals surface area contributed by atoms with E-state index in [0.717, 1.165) is 36.2 Å². The summed E-state index contributed by atoms with van der Waals surface area (Å²) in [6.07, 6.45) is 5.82. The molecule has 1 fully saturated rings. The molecule has 5 nitrogen and oxygen atoms in total. The Morgan fingerprint density at radius 3 is 2.55 bits per heavy atom. The number of thioether (sulfide) groups is 1. The van der Waals surface area contributed by atoms with Crippen LogP contribution in [0, 0.1) is 5.92 Å². The highest BCUT2D eigenvalue weighted by Gasteiger charge is 2.36. The summed E-state index contributed by atoms with van der Waals surface area (Å²) in [4.78, 5) is 11.7. The third kappa shape index (κ3) is 8.51. The maximum Gasteiger partial charge on any atom is 0.303 e. The Hall–Kier alpha value is -1.34. The molecule has 0 heterocycles. The molecule has 29 heavy (non-hydrogen) atoms. The largest absolute Gasteiger partial charge is 0.481 e. The van der Waals surface area contributed by atoms with Gasteiger partial charge < -0.3 is 20.4 Å². The number of benzene rings is 1. The van der Waals surface area contributed by atoms with E-state index in [-0.39, 0.29) is 12.3 Å². The number of hydrogen-bond acceptors (Lipinski definition) is 5. The molecule has 0 radical (unpaired) electrons. The van der Waals surface area contributed by atoms with Gasteiger partial charge in [-0.2, -0.15) is 0 Å².